The number of rotatable bonds is 4. The fraction of sp³-hybridized carbons (Fsp3) is 0.412. The van der Waals surface area contributed by atoms with Crippen LogP contribution in [0.4, 0.5) is 0 Å². The molecule has 23 heavy (non-hydrogen) atoms. The molecule has 0 aliphatic carbocycles. The Morgan fingerprint density at radius 3 is 2.96 bits per heavy atom. The van der Waals surface area contributed by atoms with Gasteiger partial charge >= 0.3 is 0 Å². The number of carbonyl (C=O) groups excluding carboxylic acids is 1. The predicted octanol–water partition coefficient (Wildman–Crippen LogP) is 2.75. The third-order valence-electron chi connectivity index (χ3n) is 3.96. The number of nitrogens with zero attached hydrogens (tertiary/aromatic N) is 2. The van der Waals surface area contributed by atoms with Crippen LogP contribution in [0.5, 0.6) is 0 Å². The molecule has 122 valence electrons. The Morgan fingerprint density at radius 1 is 1.43 bits per heavy atom. The summed E-state index contributed by atoms with van der Waals surface area (Å²) in [7, 11) is 0. The summed E-state index contributed by atoms with van der Waals surface area (Å²) < 4.78 is 5.73. The lowest BCUT2D eigenvalue weighted by atomic mass is 10.2. The number of aryl methyl sites for hydroxylation is 1. The molecule has 2 heterocycles. The van der Waals surface area contributed by atoms with Crippen LogP contribution in [0.1, 0.15) is 19.2 Å². The molecule has 1 aliphatic heterocycles. The van der Waals surface area contributed by atoms with Crippen molar-refractivity contribution >= 4 is 17.5 Å². The number of aromatic nitrogens is 1. The summed E-state index contributed by atoms with van der Waals surface area (Å²) in [5.74, 6) is 1.44. The summed E-state index contributed by atoms with van der Waals surface area (Å²) in [6.07, 6.45) is 2.63. The van der Waals surface area contributed by atoms with Gasteiger partial charge in [-0.15, -0.1) is 0 Å². The highest BCUT2D eigenvalue weighted by atomic mass is 35.5. The van der Waals surface area contributed by atoms with Crippen molar-refractivity contribution < 1.29 is 9.21 Å². The highest BCUT2D eigenvalue weighted by molar-refractivity contribution is 6.30. The van der Waals surface area contributed by atoms with E-state index in [1.165, 1.54) is 0 Å². The van der Waals surface area contributed by atoms with Crippen LogP contribution in [-0.4, -0.2) is 41.5 Å². The van der Waals surface area contributed by atoms with Gasteiger partial charge in [-0.3, -0.25) is 4.79 Å². The van der Waals surface area contributed by atoms with Crippen LogP contribution in [0.2, 0.25) is 5.02 Å². The average Bonchev–Trinajstić information content (AvgIpc) is 3.02. The molecule has 0 saturated carbocycles. The van der Waals surface area contributed by atoms with Gasteiger partial charge in [0.25, 0.3) is 0 Å². The molecule has 0 bridgehead atoms. The number of hydrogen-bond donors (Lipinski definition) is 1. The van der Waals surface area contributed by atoms with E-state index in [1.54, 1.807) is 6.20 Å². The monoisotopic (exact) mass is 333 g/mol. The summed E-state index contributed by atoms with van der Waals surface area (Å²) >= 11 is 5.88. The van der Waals surface area contributed by atoms with Crippen molar-refractivity contribution in [3.05, 3.63) is 41.4 Å². The summed E-state index contributed by atoms with van der Waals surface area (Å²) in [5.41, 5.74) is 0.926. The van der Waals surface area contributed by atoms with Gasteiger partial charge in [0.15, 0.2) is 11.7 Å². The second-order valence-electron chi connectivity index (χ2n) is 5.82. The molecule has 0 radical (unpaired) electrons. The Morgan fingerprint density at radius 2 is 2.22 bits per heavy atom. The second kappa shape index (κ2) is 7.15. The molecule has 2 aromatic rings. The Bertz CT molecular complexity index is 669. The summed E-state index contributed by atoms with van der Waals surface area (Å²) in [6, 6.07) is 7.76. The number of piperazine rings is 1. The fourth-order valence-corrected chi connectivity index (χ4v) is 2.83. The average molecular weight is 334 g/mol. The maximum Gasteiger partial charge on any atom is 0.223 e. The molecule has 5 nitrogen and oxygen atoms in total. The van der Waals surface area contributed by atoms with Crippen molar-refractivity contribution in [2.45, 2.75) is 25.8 Å². The first-order valence-electron chi connectivity index (χ1n) is 7.83. The summed E-state index contributed by atoms with van der Waals surface area (Å²) in [4.78, 5) is 18.4. The van der Waals surface area contributed by atoms with Crippen LogP contribution >= 0.6 is 11.6 Å². The molecule has 1 fully saturated rings. The van der Waals surface area contributed by atoms with Crippen LogP contribution in [0.15, 0.2) is 34.9 Å². The van der Waals surface area contributed by atoms with E-state index >= 15 is 0 Å². The quantitative estimate of drug-likeness (QED) is 0.934. The number of carbonyl (C=O) groups is 1. The number of nitrogens with one attached hydrogen (secondary N) is 1. The van der Waals surface area contributed by atoms with E-state index in [9.17, 15) is 4.79 Å². The predicted molar refractivity (Wildman–Crippen MR) is 89.3 cm³/mol. The minimum absolute atomic E-state index is 0.157. The summed E-state index contributed by atoms with van der Waals surface area (Å²) in [6.45, 7) is 4.48. The first-order valence-corrected chi connectivity index (χ1v) is 8.21. The highest BCUT2D eigenvalue weighted by Gasteiger charge is 2.20. The molecule has 3 rings (SSSR count). The van der Waals surface area contributed by atoms with Crippen LogP contribution < -0.4 is 5.32 Å². The van der Waals surface area contributed by atoms with E-state index in [4.69, 9.17) is 16.0 Å². The zero-order chi connectivity index (χ0) is 16.2. The molecule has 1 unspecified atom stereocenters. The Balaban J connectivity index is 1.56. The van der Waals surface area contributed by atoms with Gasteiger partial charge in [-0.25, -0.2) is 4.98 Å². The van der Waals surface area contributed by atoms with E-state index in [0.29, 0.717) is 35.6 Å². The van der Waals surface area contributed by atoms with Crippen molar-refractivity contribution in [2.75, 3.05) is 19.6 Å². The molecule has 1 aromatic carbocycles. The van der Waals surface area contributed by atoms with E-state index in [2.05, 4.69) is 17.2 Å². The fourth-order valence-electron chi connectivity index (χ4n) is 2.70. The topological polar surface area (TPSA) is 58.4 Å². The molecule has 6 heteroatoms. The molecular formula is C17H20ClN3O2. The summed E-state index contributed by atoms with van der Waals surface area (Å²) in [5, 5.41) is 4.02. The van der Waals surface area contributed by atoms with Gasteiger partial charge < -0.3 is 14.6 Å². The van der Waals surface area contributed by atoms with Gasteiger partial charge in [0, 0.05) is 49.1 Å². The first-order chi connectivity index (χ1) is 11.1. The SMILES string of the molecule is CC1CN(C(=O)CCc2ncc(-c3ccc(Cl)cc3)o2)CCN1. The first kappa shape index (κ1) is 16.0. The van der Waals surface area contributed by atoms with Crippen LogP contribution in [0.25, 0.3) is 11.3 Å². The highest BCUT2D eigenvalue weighted by Crippen LogP contribution is 2.22. The third kappa shape index (κ3) is 4.12. The number of halogens is 1. The molecule has 1 atom stereocenters. The number of benzene rings is 1. The molecule has 0 spiro atoms. The third-order valence-corrected chi connectivity index (χ3v) is 4.21. The van der Waals surface area contributed by atoms with Crippen molar-refractivity contribution in [3.63, 3.8) is 0 Å². The van der Waals surface area contributed by atoms with Crippen LogP contribution in [0.3, 0.4) is 0 Å². The van der Waals surface area contributed by atoms with E-state index < -0.39 is 0 Å². The van der Waals surface area contributed by atoms with Crippen LogP contribution in [0, 0.1) is 0 Å². The Hall–Kier alpha value is -1.85. The zero-order valence-corrected chi connectivity index (χ0v) is 13.8. The molecule has 1 N–H and O–H groups in total. The van der Waals surface area contributed by atoms with E-state index in [1.807, 2.05) is 29.2 Å². The van der Waals surface area contributed by atoms with Gasteiger partial charge in [-0.05, 0) is 31.2 Å². The maximum atomic E-state index is 12.2. The van der Waals surface area contributed by atoms with E-state index in [0.717, 1.165) is 25.2 Å². The second-order valence-corrected chi connectivity index (χ2v) is 6.26. The number of hydrogen-bond acceptors (Lipinski definition) is 4. The van der Waals surface area contributed by atoms with Gasteiger partial charge in [-0.1, -0.05) is 11.6 Å². The van der Waals surface area contributed by atoms with Crippen molar-refractivity contribution in [3.8, 4) is 11.3 Å². The smallest absolute Gasteiger partial charge is 0.223 e. The molecule has 1 aromatic heterocycles. The zero-order valence-electron chi connectivity index (χ0n) is 13.1. The lowest BCUT2D eigenvalue weighted by Crippen LogP contribution is -2.51. The Labute approximate surface area is 140 Å². The standard InChI is InChI=1S/C17H20ClN3O2/c1-12-11-21(9-8-19-12)17(22)7-6-16-20-10-15(23-16)13-2-4-14(18)5-3-13/h2-5,10,12,19H,6-9,11H2,1H3. The number of oxazole rings is 1. The van der Waals surface area contributed by atoms with Crippen molar-refractivity contribution in [1.29, 1.82) is 0 Å². The van der Waals surface area contributed by atoms with Gasteiger partial charge in [0.2, 0.25) is 5.91 Å². The maximum absolute atomic E-state index is 12.2. The van der Waals surface area contributed by atoms with Gasteiger partial charge in [-0.2, -0.15) is 0 Å². The molecule has 1 aliphatic rings. The largest absolute Gasteiger partial charge is 0.441 e. The molecule has 1 amide bonds. The van der Waals surface area contributed by atoms with Crippen LogP contribution in [-0.2, 0) is 11.2 Å². The Kier molecular flexibility index (Phi) is 4.98. The minimum atomic E-state index is 0.157. The van der Waals surface area contributed by atoms with Crippen molar-refractivity contribution in [2.24, 2.45) is 0 Å². The minimum Gasteiger partial charge on any atom is -0.441 e. The van der Waals surface area contributed by atoms with Gasteiger partial charge in [0.05, 0.1) is 6.20 Å². The lowest BCUT2D eigenvalue weighted by Gasteiger charge is -2.31. The van der Waals surface area contributed by atoms with Gasteiger partial charge in [0.1, 0.15) is 0 Å². The van der Waals surface area contributed by atoms with Crippen molar-refractivity contribution in [1.82, 2.24) is 15.2 Å². The normalized spacial score (nSPS) is 18.2. The number of amides is 1. The van der Waals surface area contributed by atoms with E-state index in [-0.39, 0.29) is 5.91 Å². The molecular weight excluding hydrogens is 314 g/mol. The lowest BCUT2D eigenvalue weighted by molar-refractivity contribution is -0.132. The molecule has 1 saturated heterocycles.